The number of hydrogen-bond donors (Lipinski definition) is 0. The van der Waals surface area contributed by atoms with E-state index in [4.69, 9.17) is 4.42 Å². The first-order valence-corrected chi connectivity index (χ1v) is 11.8. The lowest BCUT2D eigenvalue weighted by atomic mass is 9.99. The van der Waals surface area contributed by atoms with E-state index >= 15 is 0 Å². The fourth-order valence-electron chi connectivity index (χ4n) is 3.97. The molecule has 156 valence electrons. The van der Waals surface area contributed by atoms with Crippen molar-refractivity contribution in [3.8, 4) is 11.3 Å². The lowest BCUT2D eigenvalue weighted by molar-refractivity contribution is 0.0684. The van der Waals surface area contributed by atoms with Gasteiger partial charge in [-0.2, -0.15) is 0 Å². The van der Waals surface area contributed by atoms with Crippen LogP contribution in [-0.4, -0.2) is 38.1 Å². The smallest absolute Gasteiger partial charge is 0.253 e. The van der Waals surface area contributed by atoms with E-state index in [-0.39, 0.29) is 17.6 Å². The fraction of sp³-hybridized carbons (Fsp3) is 0.292. The predicted molar refractivity (Wildman–Crippen MR) is 116 cm³/mol. The van der Waals surface area contributed by atoms with Crippen molar-refractivity contribution in [1.82, 2.24) is 4.90 Å². The Morgan fingerprint density at radius 2 is 1.90 bits per heavy atom. The first-order valence-electron chi connectivity index (χ1n) is 10.1. The van der Waals surface area contributed by atoms with E-state index in [9.17, 15) is 13.2 Å². The summed E-state index contributed by atoms with van der Waals surface area (Å²) in [4.78, 5) is 15.2. The van der Waals surface area contributed by atoms with Gasteiger partial charge >= 0.3 is 0 Å². The number of likely N-dealkylation sites (tertiary alicyclic amines) is 1. The molecule has 1 aliphatic rings. The normalized spacial score (nSPS) is 17.1. The van der Waals surface area contributed by atoms with E-state index in [1.54, 1.807) is 29.4 Å². The first kappa shape index (κ1) is 20.4. The van der Waals surface area contributed by atoms with Crippen LogP contribution in [-0.2, 0) is 9.84 Å². The molecule has 0 spiro atoms. The molecular formula is C24H25NO4S. The SMILES string of the molecule is Cc1ccc(S(=O)(=O)CC2CCCN(C(=O)c3cccc(-c4ccco4)c3)C2)cc1. The molecule has 3 aromatic rings. The van der Waals surface area contributed by atoms with Crippen molar-refractivity contribution in [1.29, 1.82) is 0 Å². The molecule has 6 heteroatoms. The number of sulfone groups is 1. The molecule has 5 nitrogen and oxygen atoms in total. The Morgan fingerprint density at radius 1 is 1.10 bits per heavy atom. The zero-order chi connectivity index (χ0) is 21.1. The lowest BCUT2D eigenvalue weighted by Crippen LogP contribution is -2.41. The molecule has 0 bridgehead atoms. The molecule has 2 heterocycles. The van der Waals surface area contributed by atoms with Crippen LogP contribution in [0, 0.1) is 12.8 Å². The molecule has 1 aromatic heterocycles. The second kappa shape index (κ2) is 8.48. The number of rotatable bonds is 5. The summed E-state index contributed by atoms with van der Waals surface area (Å²) >= 11 is 0. The van der Waals surface area contributed by atoms with Gasteiger partial charge in [0.2, 0.25) is 0 Å². The minimum absolute atomic E-state index is 0.0618. The lowest BCUT2D eigenvalue weighted by Gasteiger charge is -2.32. The molecule has 1 unspecified atom stereocenters. The molecule has 30 heavy (non-hydrogen) atoms. The van der Waals surface area contributed by atoms with Crippen molar-refractivity contribution in [2.75, 3.05) is 18.8 Å². The quantitative estimate of drug-likeness (QED) is 0.602. The summed E-state index contributed by atoms with van der Waals surface area (Å²) in [5, 5.41) is 0. The predicted octanol–water partition coefficient (Wildman–Crippen LogP) is 4.58. The molecule has 0 saturated carbocycles. The van der Waals surface area contributed by atoms with Crippen LogP contribution >= 0.6 is 0 Å². The molecule has 1 amide bonds. The highest BCUT2D eigenvalue weighted by atomic mass is 32.2. The zero-order valence-corrected chi connectivity index (χ0v) is 17.8. The number of piperidine rings is 1. The van der Waals surface area contributed by atoms with Crippen LogP contribution in [0.3, 0.4) is 0 Å². The van der Waals surface area contributed by atoms with Crippen LogP contribution in [0.2, 0.25) is 0 Å². The molecule has 0 aliphatic carbocycles. The maximum Gasteiger partial charge on any atom is 0.253 e. The van der Waals surface area contributed by atoms with Crippen LogP contribution in [0.4, 0.5) is 0 Å². The second-order valence-corrected chi connectivity index (χ2v) is 9.95. The Morgan fingerprint density at radius 3 is 2.63 bits per heavy atom. The van der Waals surface area contributed by atoms with E-state index in [1.807, 2.05) is 49.4 Å². The third kappa shape index (κ3) is 4.49. The third-order valence-corrected chi connectivity index (χ3v) is 7.46. The van der Waals surface area contributed by atoms with Crippen LogP contribution in [0.5, 0.6) is 0 Å². The fourth-order valence-corrected chi connectivity index (χ4v) is 5.60. The summed E-state index contributed by atoms with van der Waals surface area (Å²) < 4.78 is 31.1. The topological polar surface area (TPSA) is 67.6 Å². The molecule has 2 aromatic carbocycles. The number of carbonyl (C=O) groups is 1. The Labute approximate surface area is 177 Å². The minimum Gasteiger partial charge on any atom is -0.464 e. The monoisotopic (exact) mass is 423 g/mol. The Bertz CT molecular complexity index is 1120. The molecule has 4 rings (SSSR count). The van der Waals surface area contributed by atoms with Gasteiger partial charge in [0, 0.05) is 24.2 Å². The van der Waals surface area contributed by atoms with Gasteiger partial charge in [0.25, 0.3) is 5.91 Å². The van der Waals surface area contributed by atoms with Gasteiger partial charge in [-0.25, -0.2) is 8.42 Å². The van der Waals surface area contributed by atoms with Gasteiger partial charge in [0.05, 0.1) is 16.9 Å². The second-order valence-electron chi connectivity index (χ2n) is 7.91. The average Bonchev–Trinajstić information content (AvgIpc) is 3.28. The first-order chi connectivity index (χ1) is 14.4. The van der Waals surface area contributed by atoms with Gasteiger partial charge in [-0.1, -0.05) is 29.8 Å². The van der Waals surface area contributed by atoms with Gasteiger partial charge < -0.3 is 9.32 Å². The Balaban J connectivity index is 1.47. The summed E-state index contributed by atoms with van der Waals surface area (Å²) in [6.45, 7) is 3.03. The largest absolute Gasteiger partial charge is 0.464 e. The highest BCUT2D eigenvalue weighted by Crippen LogP contribution is 2.25. The van der Waals surface area contributed by atoms with Crippen molar-refractivity contribution in [2.24, 2.45) is 5.92 Å². The van der Waals surface area contributed by atoms with Crippen LogP contribution in [0.15, 0.2) is 76.2 Å². The number of furan rings is 1. The van der Waals surface area contributed by atoms with Crippen LogP contribution in [0.1, 0.15) is 28.8 Å². The number of aryl methyl sites for hydroxylation is 1. The van der Waals surface area contributed by atoms with Gasteiger partial charge in [-0.05, 0) is 62.1 Å². The van der Waals surface area contributed by atoms with Crippen molar-refractivity contribution in [2.45, 2.75) is 24.7 Å². The number of hydrogen-bond acceptors (Lipinski definition) is 4. The summed E-state index contributed by atoms with van der Waals surface area (Å²) in [5.41, 5.74) is 2.47. The van der Waals surface area contributed by atoms with E-state index in [2.05, 4.69) is 0 Å². The average molecular weight is 424 g/mol. The summed E-state index contributed by atoms with van der Waals surface area (Å²) in [6.07, 6.45) is 3.21. The maximum absolute atomic E-state index is 13.1. The Kier molecular flexibility index (Phi) is 5.77. The standard InChI is InChI=1S/C24H25NO4S/c1-18-9-11-22(12-10-18)30(27,28)17-19-5-3-13-25(16-19)24(26)21-7-2-6-20(15-21)23-8-4-14-29-23/h2,4,6-12,14-15,19H,3,5,13,16-17H2,1H3. The van der Waals surface area contributed by atoms with Gasteiger partial charge in [-0.15, -0.1) is 0 Å². The summed E-state index contributed by atoms with van der Waals surface area (Å²) in [6, 6.07) is 18.0. The van der Waals surface area contributed by atoms with Gasteiger partial charge in [-0.3, -0.25) is 4.79 Å². The molecular weight excluding hydrogens is 398 g/mol. The van der Waals surface area contributed by atoms with Crippen molar-refractivity contribution >= 4 is 15.7 Å². The van der Waals surface area contributed by atoms with E-state index in [0.29, 0.717) is 29.3 Å². The zero-order valence-electron chi connectivity index (χ0n) is 17.0. The highest BCUT2D eigenvalue weighted by molar-refractivity contribution is 7.91. The maximum atomic E-state index is 13.1. The van der Waals surface area contributed by atoms with E-state index in [0.717, 1.165) is 24.0 Å². The molecule has 1 saturated heterocycles. The van der Waals surface area contributed by atoms with Gasteiger partial charge in [0.1, 0.15) is 5.76 Å². The van der Waals surface area contributed by atoms with Crippen LogP contribution in [0.25, 0.3) is 11.3 Å². The van der Waals surface area contributed by atoms with E-state index < -0.39 is 9.84 Å². The van der Waals surface area contributed by atoms with Crippen LogP contribution < -0.4 is 0 Å². The number of benzene rings is 2. The van der Waals surface area contributed by atoms with Crippen molar-refractivity contribution in [3.63, 3.8) is 0 Å². The summed E-state index contributed by atoms with van der Waals surface area (Å²) in [7, 11) is -3.38. The van der Waals surface area contributed by atoms with E-state index in [1.165, 1.54) is 0 Å². The molecule has 1 atom stereocenters. The van der Waals surface area contributed by atoms with Gasteiger partial charge in [0.15, 0.2) is 9.84 Å². The molecule has 0 N–H and O–H groups in total. The number of amides is 1. The van der Waals surface area contributed by atoms with Crippen molar-refractivity contribution in [3.05, 3.63) is 78.1 Å². The summed E-state index contributed by atoms with van der Waals surface area (Å²) in [5.74, 6) is 0.639. The highest BCUT2D eigenvalue weighted by Gasteiger charge is 2.29. The van der Waals surface area contributed by atoms with Crippen molar-refractivity contribution < 1.29 is 17.6 Å². The molecule has 0 radical (unpaired) electrons. The number of carbonyl (C=O) groups excluding carboxylic acids is 1. The number of nitrogens with zero attached hydrogens (tertiary/aromatic N) is 1. The molecule has 1 aliphatic heterocycles. The molecule has 1 fully saturated rings. The third-order valence-electron chi connectivity index (χ3n) is 5.56. The minimum atomic E-state index is -3.38. The Hall–Kier alpha value is -2.86.